The molecule has 0 heterocycles. The van der Waals surface area contributed by atoms with E-state index in [1.54, 1.807) is 7.11 Å². The van der Waals surface area contributed by atoms with Crippen molar-refractivity contribution in [2.45, 2.75) is 51.0 Å². The van der Waals surface area contributed by atoms with Crippen molar-refractivity contribution in [3.8, 4) is 0 Å². The predicted molar refractivity (Wildman–Crippen MR) is 61.7 cm³/mol. The van der Waals surface area contributed by atoms with Crippen molar-refractivity contribution in [1.82, 2.24) is 0 Å². The molecule has 1 fully saturated rings. The van der Waals surface area contributed by atoms with Crippen molar-refractivity contribution >= 4 is 0 Å². The molecule has 1 saturated carbocycles. The van der Waals surface area contributed by atoms with E-state index in [1.165, 1.54) is 19.3 Å². The van der Waals surface area contributed by atoms with Gasteiger partial charge in [0.1, 0.15) is 0 Å². The quantitative estimate of drug-likeness (QED) is 0.733. The Balaban J connectivity index is 2.84. The summed E-state index contributed by atoms with van der Waals surface area (Å²) in [5.41, 5.74) is 5.06. The fourth-order valence-electron chi connectivity index (χ4n) is 2.96. The van der Waals surface area contributed by atoms with Gasteiger partial charge in [-0.05, 0) is 19.3 Å². The fourth-order valence-corrected chi connectivity index (χ4v) is 2.96. The molecule has 0 aromatic carbocycles. The molecule has 1 rings (SSSR count). The van der Waals surface area contributed by atoms with Gasteiger partial charge in [0.05, 0.1) is 12.2 Å². The molecule has 0 radical (unpaired) electrons. The van der Waals surface area contributed by atoms with E-state index < -0.39 is 5.60 Å². The lowest BCUT2D eigenvalue weighted by Gasteiger charge is -2.48. The molecule has 0 amide bonds. The molecule has 0 saturated heterocycles. The number of ether oxygens (including phenoxy) is 1. The molecule has 0 bridgehead atoms. The average Bonchev–Trinajstić information content (AvgIpc) is 2.30. The van der Waals surface area contributed by atoms with Crippen LogP contribution in [0.2, 0.25) is 0 Å². The number of aliphatic hydroxyl groups is 1. The lowest BCUT2D eigenvalue weighted by atomic mass is 9.62. The third-order valence-corrected chi connectivity index (χ3v) is 4.16. The van der Waals surface area contributed by atoms with E-state index >= 15 is 0 Å². The molecule has 90 valence electrons. The van der Waals surface area contributed by atoms with Crippen molar-refractivity contribution in [3.63, 3.8) is 0 Å². The molecule has 1 atom stereocenters. The van der Waals surface area contributed by atoms with Gasteiger partial charge in [-0.15, -0.1) is 0 Å². The van der Waals surface area contributed by atoms with Gasteiger partial charge in [0.25, 0.3) is 0 Å². The van der Waals surface area contributed by atoms with Crippen LogP contribution in [0, 0.1) is 5.41 Å². The van der Waals surface area contributed by atoms with Crippen LogP contribution in [0.25, 0.3) is 0 Å². The zero-order chi connectivity index (χ0) is 11.4. The Morgan fingerprint density at radius 2 is 1.93 bits per heavy atom. The fraction of sp³-hybridized carbons (Fsp3) is 1.00. The second-order valence-electron chi connectivity index (χ2n) is 4.86. The maximum atomic E-state index is 10.7. The zero-order valence-corrected chi connectivity index (χ0v) is 10.1. The summed E-state index contributed by atoms with van der Waals surface area (Å²) in [5.74, 6) is 0. The first-order valence-corrected chi connectivity index (χ1v) is 6.05. The molecule has 0 aliphatic heterocycles. The van der Waals surface area contributed by atoms with E-state index in [0.29, 0.717) is 13.2 Å². The molecular formula is C12H25NO2. The van der Waals surface area contributed by atoms with Gasteiger partial charge in [0, 0.05) is 19.1 Å². The number of hydrogen-bond donors (Lipinski definition) is 2. The van der Waals surface area contributed by atoms with Crippen molar-refractivity contribution < 1.29 is 9.84 Å². The van der Waals surface area contributed by atoms with Gasteiger partial charge in [0.2, 0.25) is 0 Å². The number of hydrogen-bond acceptors (Lipinski definition) is 3. The topological polar surface area (TPSA) is 55.5 Å². The minimum atomic E-state index is -0.739. The van der Waals surface area contributed by atoms with Crippen LogP contribution in [0.3, 0.4) is 0 Å². The average molecular weight is 215 g/mol. The summed E-state index contributed by atoms with van der Waals surface area (Å²) >= 11 is 0. The molecule has 3 heteroatoms. The molecular weight excluding hydrogens is 190 g/mol. The third-order valence-electron chi connectivity index (χ3n) is 4.16. The van der Waals surface area contributed by atoms with Gasteiger partial charge in [0.15, 0.2) is 0 Å². The zero-order valence-electron chi connectivity index (χ0n) is 10.1. The number of rotatable bonds is 5. The Labute approximate surface area is 93.0 Å². The first kappa shape index (κ1) is 12.9. The summed E-state index contributed by atoms with van der Waals surface area (Å²) in [5, 5.41) is 10.7. The van der Waals surface area contributed by atoms with Crippen LogP contribution in [0.1, 0.15) is 45.4 Å². The highest BCUT2D eigenvalue weighted by atomic mass is 16.5. The van der Waals surface area contributed by atoms with Crippen LogP contribution < -0.4 is 5.73 Å². The monoisotopic (exact) mass is 215 g/mol. The van der Waals surface area contributed by atoms with Crippen LogP contribution in [-0.4, -0.2) is 31.0 Å². The van der Waals surface area contributed by atoms with Crippen molar-refractivity contribution in [2.24, 2.45) is 11.1 Å². The van der Waals surface area contributed by atoms with E-state index in [4.69, 9.17) is 10.5 Å². The molecule has 3 N–H and O–H groups in total. The molecule has 15 heavy (non-hydrogen) atoms. The highest BCUT2D eigenvalue weighted by Crippen LogP contribution is 2.45. The van der Waals surface area contributed by atoms with Gasteiger partial charge >= 0.3 is 0 Å². The largest absolute Gasteiger partial charge is 0.387 e. The van der Waals surface area contributed by atoms with E-state index in [9.17, 15) is 5.11 Å². The van der Waals surface area contributed by atoms with Crippen molar-refractivity contribution in [3.05, 3.63) is 0 Å². The van der Waals surface area contributed by atoms with Gasteiger partial charge in [-0.2, -0.15) is 0 Å². The van der Waals surface area contributed by atoms with Gasteiger partial charge in [-0.1, -0.05) is 26.2 Å². The number of nitrogens with two attached hydrogens (primary N) is 1. The van der Waals surface area contributed by atoms with E-state index in [-0.39, 0.29) is 5.41 Å². The Hall–Kier alpha value is -0.120. The van der Waals surface area contributed by atoms with E-state index in [0.717, 1.165) is 19.3 Å². The smallest absolute Gasteiger partial charge is 0.0945 e. The summed E-state index contributed by atoms with van der Waals surface area (Å²) in [7, 11) is 1.65. The Kier molecular flexibility index (Phi) is 4.56. The Bertz CT molecular complexity index is 190. The van der Waals surface area contributed by atoms with Crippen LogP contribution in [0.5, 0.6) is 0 Å². The van der Waals surface area contributed by atoms with Crippen LogP contribution in [0.4, 0.5) is 0 Å². The lowest BCUT2D eigenvalue weighted by Crippen LogP contribution is -2.56. The lowest BCUT2D eigenvalue weighted by molar-refractivity contribution is -0.138. The molecule has 0 aromatic rings. The molecule has 0 aromatic heterocycles. The van der Waals surface area contributed by atoms with Crippen molar-refractivity contribution in [2.75, 3.05) is 20.3 Å². The van der Waals surface area contributed by atoms with Crippen LogP contribution in [-0.2, 0) is 4.74 Å². The summed E-state index contributed by atoms with van der Waals surface area (Å²) < 4.78 is 5.17. The minimum absolute atomic E-state index is 0.115. The maximum Gasteiger partial charge on any atom is 0.0945 e. The Morgan fingerprint density at radius 3 is 2.33 bits per heavy atom. The first-order chi connectivity index (χ1) is 7.14. The Morgan fingerprint density at radius 1 is 1.33 bits per heavy atom. The molecule has 0 spiro atoms. The highest BCUT2D eigenvalue weighted by Gasteiger charge is 2.48. The van der Waals surface area contributed by atoms with Gasteiger partial charge in [-0.25, -0.2) is 0 Å². The molecule has 1 unspecified atom stereocenters. The standard InChI is InChI=1S/C12H25NO2/c1-3-12(14,10-15-2)11(9-13)7-5-4-6-8-11/h14H,3-10,13H2,1-2H3. The molecule has 1 aliphatic rings. The van der Waals surface area contributed by atoms with E-state index in [1.807, 2.05) is 6.92 Å². The third kappa shape index (κ3) is 2.35. The molecule has 3 nitrogen and oxygen atoms in total. The first-order valence-electron chi connectivity index (χ1n) is 6.05. The van der Waals surface area contributed by atoms with E-state index in [2.05, 4.69) is 0 Å². The highest BCUT2D eigenvalue weighted by molar-refractivity contribution is 5.00. The van der Waals surface area contributed by atoms with Crippen molar-refractivity contribution in [1.29, 1.82) is 0 Å². The minimum Gasteiger partial charge on any atom is -0.387 e. The van der Waals surface area contributed by atoms with Gasteiger partial charge < -0.3 is 15.6 Å². The predicted octanol–water partition coefficient (Wildman–Crippen LogP) is 1.68. The normalized spacial score (nSPS) is 24.8. The summed E-state index contributed by atoms with van der Waals surface area (Å²) in [6.07, 6.45) is 6.44. The number of methoxy groups -OCH3 is 1. The summed E-state index contributed by atoms with van der Waals surface area (Å²) in [6, 6.07) is 0. The maximum absolute atomic E-state index is 10.7. The van der Waals surface area contributed by atoms with Gasteiger partial charge in [-0.3, -0.25) is 0 Å². The second-order valence-corrected chi connectivity index (χ2v) is 4.86. The second kappa shape index (κ2) is 5.28. The van der Waals surface area contributed by atoms with Crippen LogP contribution >= 0.6 is 0 Å². The van der Waals surface area contributed by atoms with Crippen LogP contribution in [0.15, 0.2) is 0 Å². The summed E-state index contributed by atoms with van der Waals surface area (Å²) in [6.45, 7) is 2.99. The SMILES string of the molecule is CCC(O)(COC)C1(CN)CCCCC1. The molecule has 1 aliphatic carbocycles. The summed E-state index contributed by atoms with van der Waals surface area (Å²) in [4.78, 5) is 0.